The molecule has 0 unspecified atom stereocenters. The molecule has 2 aliphatic heterocycles. The third kappa shape index (κ3) is 4.18. The fourth-order valence-corrected chi connectivity index (χ4v) is 5.43. The minimum Gasteiger partial charge on any atom is -0.458 e. The number of carbonyl (C=O) groups excluding carboxylic acids is 2. The molecule has 0 bridgehead atoms. The van der Waals surface area contributed by atoms with Crippen LogP contribution < -0.4 is 5.32 Å². The van der Waals surface area contributed by atoms with Gasteiger partial charge >= 0.3 is 5.97 Å². The van der Waals surface area contributed by atoms with Gasteiger partial charge in [-0.05, 0) is 50.7 Å². The van der Waals surface area contributed by atoms with E-state index in [-0.39, 0.29) is 30.1 Å². The van der Waals surface area contributed by atoms with Gasteiger partial charge in [0.2, 0.25) is 5.91 Å². The van der Waals surface area contributed by atoms with Crippen LogP contribution in [0.25, 0.3) is 0 Å². The molecule has 168 valence electrons. The van der Waals surface area contributed by atoms with E-state index in [9.17, 15) is 9.59 Å². The number of rotatable bonds is 4. The van der Waals surface area contributed by atoms with Gasteiger partial charge in [0.05, 0.1) is 24.2 Å². The van der Waals surface area contributed by atoms with E-state index in [0.29, 0.717) is 18.9 Å². The van der Waals surface area contributed by atoms with Crippen molar-refractivity contribution in [3.63, 3.8) is 0 Å². The van der Waals surface area contributed by atoms with Crippen molar-refractivity contribution in [3.05, 3.63) is 42.5 Å². The van der Waals surface area contributed by atoms with E-state index >= 15 is 0 Å². The molecule has 0 aromatic carbocycles. The topological polar surface area (TPSA) is 97.3 Å². The Morgan fingerprint density at radius 3 is 2.66 bits per heavy atom. The number of nitrogens with one attached hydrogen (secondary N) is 1. The predicted molar refractivity (Wildman–Crippen MR) is 118 cm³/mol. The lowest BCUT2D eigenvalue weighted by Gasteiger charge is -2.39. The van der Waals surface area contributed by atoms with E-state index in [1.54, 1.807) is 12.4 Å². The molecule has 0 radical (unpaired) electrons. The van der Waals surface area contributed by atoms with Crippen molar-refractivity contribution < 1.29 is 14.3 Å². The Kier molecular flexibility index (Phi) is 5.76. The van der Waals surface area contributed by atoms with Gasteiger partial charge in [0.1, 0.15) is 17.2 Å². The summed E-state index contributed by atoms with van der Waals surface area (Å²) < 4.78 is 5.75. The smallest absolute Gasteiger partial charge is 0.307 e. The van der Waals surface area contributed by atoms with Crippen LogP contribution in [0, 0.1) is 5.92 Å². The number of carbonyl (C=O) groups is 2. The summed E-state index contributed by atoms with van der Waals surface area (Å²) in [6.45, 7) is 1.34. The zero-order chi connectivity index (χ0) is 22.0. The predicted octanol–water partition coefficient (Wildman–Crippen LogP) is 3.59. The standard InChI is InChI=1S/C24H29N5O3/c30-22-14-18(24(32-22)9-3-1-4-10-24)23(31)29-12-7-17(8-13-29)19-15-25-16-21(27-19)28-20-6-2-5-11-26-20/h2,5-6,11,15-18H,1,3-4,7-10,12-14H2,(H,26,27,28)/t18-/m1/s1. The molecular weight excluding hydrogens is 406 g/mol. The normalized spacial score (nSPS) is 23.2. The third-order valence-corrected chi connectivity index (χ3v) is 7.12. The number of likely N-dealkylation sites (tertiary alicyclic amines) is 1. The summed E-state index contributed by atoms with van der Waals surface area (Å²) >= 11 is 0. The van der Waals surface area contributed by atoms with E-state index < -0.39 is 5.60 Å². The van der Waals surface area contributed by atoms with Crippen LogP contribution in [-0.2, 0) is 14.3 Å². The number of nitrogens with zero attached hydrogens (tertiary/aromatic N) is 4. The second-order valence-corrected chi connectivity index (χ2v) is 9.12. The molecule has 1 spiro atoms. The van der Waals surface area contributed by atoms with Crippen LogP contribution in [0.2, 0.25) is 0 Å². The second kappa shape index (κ2) is 8.84. The first-order valence-electron chi connectivity index (χ1n) is 11.6. The Bertz CT molecular complexity index is 969. The number of hydrogen-bond donors (Lipinski definition) is 1. The summed E-state index contributed by atoms with van der Waals surface area (Å²) in [6.07, 6.45) is 12.0. The lowest BCUT2D eigenvalue weighted by atomic mass is 9.75. The zero-order valence-corrected chi connectivity index (χ0v) is 18.2. The summed E-state index contributed by atoms with van der Waals surface area (Å²) in [5.74, 6) is 1.20. The number of pyridine rings is 1. The summed E-state index contributed by atoms with van der Waals surface area (Å²) in [5, 5.41) is 3.19. The minimum atomic E-state index is -0.555. The van der Waals surface area contributed by atoms with Crippen molar-refractivity contribution in [3.8, 4) is 0 Å². The van der Waals surface area contributed by atoms with Crippen LogP contribution in [-0.4, -0.2) is 50.4 Å². The minimum absolute atomic E-state index is 0.0906. The SMILES string of the molecule is O=C1C[C@H](C(=O)N2CCC(c3cncc(Nc4ccccn4)n3)CC2)C2(CCCCC2)O1. The summed E-state index contributed by atoms with van der Waals surface area (Å²) in [6, 6.07) is 5.67. The van der Waals surface area contributed by atoms with E-state index in [1.807, 2.05) is 29.3 Å². The molecular formula is C24H29N5O3. The number of amides is 1. The van der Waals surface area contributed by atoms with Crippen molar-refractivity contribution in [2.75, 3.05) is 18.4 Å². The number of ether oxygens (including phenoxy) is 1. The summed E-state index contributed by atoms with van der Waals surface area (Å²) in [5.41, 5.74) is 0.376. The highest BCUT2D eigenvalue weighted by atomic mass is 16.6. The highest BCUT2D eigenvalue weighted by Crippen LogP contribution is 2.45. The Labute approximate surface area is 187 Å². The lowest BCUT2D eigenvalue weighted by Crippen LogP contribution is -2.49. The largest absolute Gasteiger partial charge is 0.458 e. The van der Waals surface area contributed by atoms with Crippen LogP contribution >= 0.6 is 0 Å². The van der Waals surface area contributed by atoms with Gasteiger partial charge in [-0.15, -0.1) is 0 Å². The first-order valence-corrected chi connectivity index (χ1v) is 11.6. The maximum absolute atomic E-state index is 13.4. The Morgan fingerprint density at radius 1 is 1.09 bits per heavy atom. The number of hydrogen-bond acceptors (Lipinski definition) is 7. The fourth-order valence-electron chi connectivity index (χ4n) is 5.43. The molecule has 2 aromatic heterocycles. The van der Waals surface area contributed by atoms with Crippen molar-refractivity contribution in [1.29, 1.82) is 0 Å². The molecule has 2 saturated heterocycles. The molecule has 1 atom stereocenters. The van der Waals surface area contributed by atoms with Gasteiger partial charge in [-0.3, -0.25) is 14.6 Å². The van der Waals surface area contributed by atoms with E-state index in [4.69, 9.17) is 9.72 Å². The highest BCUT2D eigenvalue weighted by Gasteiger charge is 2.53. The molecule has 8 nitrogen and oxygen atoms in total. The number of aromatic nitrogens is 3. The molecule has 3 fully saturated rings. The molecule has 2 aromatic rings. The average molecular weight is 436 g/mol. The molecule has 1 aliphatic carbocycles. The van der Waals surface area contributed by atoms with Crippen LogP contribution in [0.1, 0.15) is 63.0 Å². The van der Waals surface area contributed by atoms with Gasteiger partial charge in [-0.1, -0.05) is 12.5 Å². The van der Waals surface area contributed by atoms with Crippen LogP contribution in [0.4, 0.5) is 11.6 Å². The lowest BCUT2D eigenvalue weighted by molar-refractivity contribution is -0.156. The number of esters is 1. The fraction of sp³-hybridized carbons (Fsp3) is 0.542. The second-order valence-electron chi connectivity index (χ2n) is 9.12. The van der Waals surface area contributed by atoms with Gasteiger partial charge in [0.25, 0.3) is 0 Å². The molecule has 1 N–H and O–H groups in total. The van der Waals surface area contributed by atoms with Crippen molar-refractivity contribution >= 4 is 23.5 Å². The molecule has 1 amide bonds. The van der Waals surface area contributed by atoms with E-state index in [1.165, 1.54) is 0 Å². The number of anilines is 2. The van der Waals surface area contributed by atoms with E-state index in [2.05, 4.69) is 15.3 Å². The van der Waals surface area contributed by atoms with Crippen LogP contribution in [0.15, 0.2) is 36.8 Å². The number of piperidine rings is 1. The van der Waals surface area contributed by atoms with Crippen molar-refractivity contribution in [2.24, 2.45) is 5.92 Å². The van der Waals surface area contributed by atoms with Crippen LogP contribution in [0.3, 0.4) is 0 Å². The highest BCUT2D eigenvalue weighted by molar-refractivity contribution is 5.88. The molecule has 4 heterocycles. The van der Waals surface area contributed by atoms with Crippen LogP contribution in [0.5, 0.6) is 0 Å². The first kappa shape index (κ1) is 20.8. The molecule has 32 heavy (non-hydrogen) atoms. The van der Waals surface area contributed by atoms with Gasteiger partial charge in [0, 0.05) is 31.4 Å². The molecule has 5 rings (SSSR count). The Morgan fingerprint density at radius 2 is 1.91 bits per heavy atom. The van der Waals surface area contributed by atoms with Gasteiger partial charge in [-0.2, -0.15) is 0 Å². The van der Waals surface area contributed by atoms with Gasteiger partial charge in [0.15, 0.2) is 0 Å². The summed E-state index contributed by atoms with van der Waals surface area (Å²) in [7, 11) is 0. The quantitative estimate of drug-likeness (QED) is 0.733. The summed E-state index contributed by atoms with van der Waals surface area (Å²) in [4.78, 5) is 40.8. The molecule has 8 heteroatoms. The Hall–Kier alpha value is -3.03. The molecule has 3 aliphatic rings. The first-order chi connectivity index (χ1) is 15.6. The monoisotopic (exact) mass is 435 g/mol. The van der Waals surface area contributed by atoms with Gasteiger partial charge in [-0.25, -0.2) is 9.97 Å². The zero-order valence-electron chi connectivity index (χ0n) is 18.2. The maximum atomic E-state index is 13.4. The third-order valence-electron chi connectivity index (χ3n) is 7.12. The average Bonchev–Trinajstić information content (AvgIpc) is 3.15. The van der Waals surface area contributed by atoms with Crippen molar-refractivity contribution in [2.45, 2.75) is 62.9 Å². The molecule has 1 saturated carbocycles. The van der Waals surface area contributed by atoms with Crippen molar-refractivity contribution in [1.82, 2.24) is 19.9 Å². The maximum Gasteiger partial charge on any atom is 0.307 e. The van der Waals surface area contributed by atoms with Gasteiger partial charge < -0.3 is 15.0 Å². The Balaban J connectivity index is 1.22. The van der Waals surface area contributed by atoms with E-state index in [0.717, 1.165) is 56.5 Å².